The Labute approximate surface area is 107 Å². The first-order valence-corrected chi connectivity index (χ1v) is 7.27. The summed E-state index contributed by atoms with van der Waals surface area (Å²) in [7, 11) is 0. The summed E-state index contributed by atoms with van der Waals surface area (Å²) in [6, 6.07) is 0. The van der Waals surface area contributed by atoms with Gasteiger partial charge < -0.3 is 15.2 Å². The topological polar surface area (TPSA) is 44.5 Å². The molecule has 2 N–H and O–H groups in total. The minimum Gasteiger partial charge on any atom is -0.381 e. The number of hydrogen-bond donors (Lipinski definition) is 1. The van der Waals surface area contributed by atoms with Crippen molar-refractivity contribution in [3.63, 3.8) is 0 Å². The normalized spacial score (nSPS) is 10.9. The van der Waals surface area contributed by atoms with E-state index in [1.807, 2.05) is 0 Å². The van der Waals surface area contributed by atoms with E-state index in [4.69, 9.17) is 15.2 Å². The predicted molar refractivity (Wildman–Crippen MR) is 73.3 cm³/mol. The Morgan fingerprint density at radius 1 is 0.647 bits per heavy atom. The fourth-order valence-electron chi connectivity index (χ4n) is 1.62. The van der Waals surface area contributed by atoms with E-state index in [9.17, 15) is 0 Å². The molecule has 0 bridgehead atoms. The molecule has 0 radical (unpaired) electrons. The zero-order valence-electron chi connectivity index (χ0n) is 11.6. The molecule has 0 amide bonds. The number of rotatable bonds is 14. The van der Waals surface area contributed by atoms with Gasteiger partial charge in [0.05, 0.1) is 0 Å². The molecule has 0 fully saturated rings. The van der Waals surface area contributed by atoms with Crippen molar-refractivity contribution in [2.24, 2.45) is 5.73 Å². The third-order valence-corrected chi connectivity index (χ3v) is 2.71. The van der Waals surface area contributed by atoms with Gasteiger partial charge in [-0.2, -0.15) is 0 Å². The maximum absolute atomic E-state index is 5.53. The molecule has 0 aromatic rings. The van der Waals surface area contributed by atoms with Gasteiger partial charge in [0.2, 0.25) is 0 Å². The molecule has 0 aliphatic rings. The Kier molecular flexibility index (Phi) is 15.8. The van der Waals surface area contributed by atoms with Crippen molar-refractivity contribution in [2.75, 3.05) is 33.0 Å². The van der Waals surface area contributed by atoms with E-state index in [-0.39, 0.29) is 0 Å². The molecule has 0 spiro atoms. The Morgan fingerprint density at radius 3 is 1.71 bits per heavy atom. The molecule has 0 saturated heterocycles. The van der Waals surface area contributed by atoms with Crippen molar-refractivity contribution in [2.45, 2.75) is 58.3 Å². The molecule has 0 aliphatic heterocycles. The summed E-state index contributed by atoms with van der Waals surface area (Å²) in [6.45, 7) is 6.48. The van der Waals surface area contributed by atoms with Gasteiger partial charge in [-0.25, -0.2) is 0 Å². The van der Waals surface area contributed by atoms with E-state index in [0.29, 0.717) is 0 Å². The highest BCUT2D eigenvalue weighted by molar-refractivity contribution is 4.43. The van der Waals surface area contributed by atoms with Crippen LogP contribution in [0.5, 0.6) is 0 Å². The van der Waals surface area contributed by atoms with Gasteiger partial charge in [0, 0.05) is 26.4 Å². The minimum absolute atomic E-state index is 0.797. The van der Waals surface area contributed by atoms with Crippen LogP contribution in [0.3, 0.4) is 0 Å². The summed E-state index contributed by atoms with van der Waals surface area (Å²) in [5, 5.41) is 0. The van der Waals surface area contributed by atoms with Gasteiger partial charge in [0.15, 0.2) is 0 Å². The quantitative estimate of drug-likeness (QED) is 0.478. The highest BCUT2D eigenvalue weighted by atomic mass is 16.5. The second kappa shape index (κ2) is 15.9. The van der Waals surface area contributed by atoms with E-state index in [1.165, 1.54) is 32.1 Å². The van der Waals surface area contributed by atoms with Crippen LogP contribution in [0, 0.1) is 0 Å². The highest BCUT2D eigenvalue weighted by Gasteiger charge is 1.92. The van der Waals surface area contributed by atoms with Crippen molar-refractivity contribution >= 4 is 0 Å². The standard InChI is InChI=1S/C14H31NO2/c1-2-3-4-7-11-16-13-9-14-17-12-8-5-6-10-15/h2-15H2,1H3. The summed E-state index contributed by atoms with van der Waals surface area (Å²) in [5.41, 5.74) is 5.41. The van der Waals surface area contributed by atoms with E-state index in [1.54, 1.807) is 0 Å². The zero-order chi connectivity index (χ0) is 12.6. The molecule has 3 nitrogen and oxygen atoms in total. The van der Waals surface area contributed by atoms with Crippen LogP contribution >= 0.6 is 0 Å². The molecule has 0 aromatic heterocycles. The van der Waals surface area contributed by atoms with Crippen LogP contribution in [-0.2, 0) is 9.47 Å². The van der Waals surface area contributed by atoms with Crippen molar-refractivity contribution in [3.05, 3.63) is 0 Å². The average Bonchev–Trinajstić information content (AvgIpc) is 2.35. The van der Waals surface area contributed by atoms with Crippen LogP contribution in [0.2, 0.25) is 0 Å². The summed E-state index contributed by atoms with van der Waals surface area (Å²) < 4.78 is 11.0. The number of hydrogen-bond acceptors (Lipinski definition) is 3. The van der Waals surface area contributed by atoms with Gasteiger partial charge in [0.1, 0.15) is 0 Å². The van der Waals surface area contributed by atoms with Crippen LogP contribution in [0.25, 0.3) is 0 Å². The second-order valence-electron chi connectivity index (χ2n) is 4.49. The van der Waals surface area contributed by atoms with Gasteiger partial charge >= 0.3 is 0 Å². The van der Waals surface area contributed by atoms with Crippen molar-refractivity contribution in [3.8, 4) is 0 Å². The fraction of sp³-hybridized carbons (Fsp3) is 1.00. The molecule has 104 valence electrons. The number of unbranched alkanes of at least 4 members (excludes halogenated alkanes) is 5. The molecule has 0 aliphatic carbocycles. The lowest BCUT2D eigenvalue weighted by Gasteiger charge is -2.05. The first-order valence-electron chi connectivity index (χ1n) is 7.27. The lowest BCUT2D eigenvalue weighted by Crippen LogP contribution is -2.04. The van der Waals surface area contributed by atoms with Crippen molar-refractivity contribution < 1.29 is 9.47 Å². The summed E-state index contributed by atoms with van der Waals surface area (Å²) in [4.78, 5) is 0. The van der Waals surface area contributed by atoms with Crippen LogP contribution in [0.1, 0.15) is 58.3 Å². The Balaban J connectivity index is 2.85. The van der Waals surface area contributed by atoms with E-state index in [0.717, 1.165) is 52.2 Å². The average molecular weight is 245 g/mol. The molecule has 0 aromatic carbocycles. The van der Waals surface area contributed by atoms with Crippen LogP contribution in [-0.4, -0.2) is 33.0 Å². The van der Waals surface area contributed by atoms with Gasteiger partial charge in [0.25, 0.3) is 0 Å². The van der Waals surface area contributed by atoms with Crippen molar-refractivity contribution in [1.29, 1.82) is 0 Å². The molecule has 0 atom stereocenters. The van der Waals surface area contributed by atoms with Crippen LogP contribution < -0.4 is 5.73 Å². The SMILES string of the molecule is CCCCCCOCCCOCCCCCN. The lowest BCUT2D eigenvalue weighted by molar-refractivity contribution is 0.0796. The van der Waals surface area contributed by atoms with E-state index >= 15 is 0 Å². The lowest BCUT2D eigenvalue weighted by atomic mass is 10.2. The van der Waals surface area contributed by atoms with E-state index < -0.39 is 0 Å². The second-order valence-corrected chi connectivity index (χ2v) is 4.49. The van der Waals surface area contributed by atoms with Crippen molar-refractivity contribution in [1.82, 2.24) is 0 Å². The fourth-order valence-corrected chi connectivity index (χ4v) is 1.62. The van der Waals surface area contributed by atoms with Gasteiger partial charge in [-0.05, 0) is 38.6 Å². The molecule has 0 unspecified atom stereocenters. The molecule has 0 heterocycles. The van der Waals surface area contributed by atoms with Gasteiger partial charge in [-0.15, -0.1) is 0 Å². The largest absolute Gasteiger partial charge is 0.381 e. The molecule has 0 saturated carbocycles. The maximum Gasteiger partial charge on any atom is 0.0487 e. The first-order chi connectivity index (χ1) is 8.41. The van der Waals surface area contributed by atoms with Gasteiger partial charge in [-0.1, -0.05) is 26.2 Å². The Bertz CT molecular complexity index is 117. The summed E-state index contributed by atoms with van der Waals surface area (Å²) in [6.07, 6.45) is 9.57. The first kappa shape index (κ1) is 16.9. The number of ether oxygens (including phenoxy) is 2. The van der Waals surface area contributed by atoms with E-state index in [2.05, 4.69) is 6.92 Å². The summed E-state index contributed by atoms with van der Waals surface area (Å²) >= 11 is 0. The molecule has 0 rings (SSSR count). The monoisotopic (exact) mass is 245 g/mol. The van der Waals surface area contributed by atoms with Gasteiger partial charge in [-0.3, -0.25) is 0 Å². The summed E-state index contributed by atoms with van der Waals surface area (Å²) in [5.74, 6) is 0. The molecule has 3 heteroatoms. The predicted octanol–water partition coefficient (Wildman–Crippen LogP) is 3.12. The third kappa shape index (κ3) is 15.9. The maximum atomic E-state index is 5.53. The Hall–Kier alpha value is -0.120. The zero-order valence-corrected chi connectivity index (χ0v) is 11.6. The molecular weight excluding hydrogens is 214 g/mol. The highest BCUT2D eigenvalue weighted by Crippen LogP contribution is 1.99. The molecule has 17 heavy (non-hydrogen) atoms. The van der Waals surface area contributed by atoms with Crippen LogP contribution in [0.4, 0.5) is 0 Å². The molecular formula is C14H31NO2. The third-order valence-electron chi connectivity index (χ3n) is 2.71. The smallest absolute Gasteiger partial charge is 0.0487 e. The number of nitrogens with two attached hydrogens (primary N) is 1. The Morgan fingerprint density at radius 2 is 1.18 bits per heavy atom. The minimum atomic E-state index is 0.797. The van der Waals surface area contributed by atoms with Crippen LogP contribution in [0.15, 0.2) is 0 Å².